The molecular weight excluding hydrogens is 326 g/mol. The van der Waals surface area contributed by atoms with Crippen molar-refractivity contribution in [2.45, 2.75) is 19.4 Å². The standard InChI is InChI=1S/C21H21N3O2/c1-2-19(23-16-9-4-3-5-10-16)21(26)24-22-14-18-17-11-7-6-8-15(17)12-13-20(18)25/h3-14,19,23,25H,2H2,1H3,(H,24,26)/b22-14-/t19-/m1/s1. The number of benzene rings is 3. The molecule has 0 saturated heterocycles. The molecule has 3 aromatic rings. The van der Waals surface area contributed by atoms with E-state index < -0.39 is 6.04 Å². The molecular formula is C21H21N3O2. The number of nitrogens with zero attached hydrogens (tertiary/aromatic N) is 1. The van der Waals surface area contributed by atoms with Gasteiger partial charge in [-0.1, -0.05) is 55.5 Å². The smallest absolute Gasteiger partial charge is 0.262 e. The van der Waals surface area contributed by atoms with E-state index in [1.165, 1.54) is 6.21 Å². The molecule has 5 nitrogen and oxygen atoms in total. The van der Waals surface area contributed by atoms with Crippen LogP contribution < -0.4 is 10.7 Å². The Bertz CT molecular complexity index is 923. The van der Waals surface area contributed by atoms with E-state index in [1.807, 2.05) is 67.6 Å². The lowest BCUT2D eigenvalue weighted by atomic mass is 10.0. The highest BCUT2D eigenvalue weighted by atomic mass is 16.3. The minimum atomic E-state index is -0.393. The Labute approximate surface area is 152 Å². The summed E-state index contributed by atoms with van der Waals surface area (Å²) in [6, 6.07) is 20.3. The van der Waals surface area contributed by atoms with E-state index in [0.717, 1.165) is 16.5 Å². The summed E-state index contributed by atoms with van der Waals surface area (Å²) in [6.07, 6.45) is 2.10. The highest BCUT2D eigenvalue weighted by molar-refractivity contribution is 6.02. The normalized spacial score (nSPS) is 12.2. The number of anilines is 1. The Morgan fingerprint density at radius 2 is 1.81 bits per heavy atom. The lowest BCUT2D eigenvalue weighted by molar-refractivity contribution is -0.121. The quantitative estimate of drug-likeness (QED) is 0.468. The van der Waals surface area contributed by atoms with Gasteiger partial charge in [-0.05, 0) is 35.4 Å². The van der Waals surface area contributed by atoms with Crippen molar-refractivity contribution in [1.29, 1.82) is 0 Å². The van der Waals surface area contributed by atoms with Crippen LogP contribution in [0, 0.1) is 0 Å². The number of hydrogen-bond acceptors (Lipinski definition) is 4. The van der Waals surface area contributed by atoms with Crippen LogP contribution in [-0.2, 0) is 4.79 Å². The van der Waals surface area contributed by atoms with E-state index in [0.29, 0.717) is 12.0 Å². The molecule has 0 unspecified atom stereocenters. The third-order valence-electron chi connectivity index (χ3n) is 4.16. The van der Waals surface area contributed by atoms with Crippen molar-refractivity contribution in [3.05, 3.63) is 72.3 Å². The number of para-hydroxylation sites is 1. The summed E-state index contributed by atoms with van der Waals surface area (Å²) in [5, 5.41) is 19.2. The van der Waals surface area contributed by atoms with Gasteiger partial charge in [0.05, 0.1) is 6.21 Å². The second-order valence-corrected chi connectivity index (χ2v) is 5.92. The number of fused-ring (bicyclic) bond motifs is 1. The maximum absolute atomic E-state index is 12.4. The molecule has 0 aliphatic carbocycles. The van der Waals surface area contributed by atoms with Gasteiger partial charge >= 0.3 is 0 Å². The van der Waals surface area contributed by atoms with Gasteiger partial charge in [0.1, 0.15) is 11.8 Å². The van der Waals surface area contributed by atoms with Crippen molar-refractivity contribution < 1.29 is 9.90 Å². The molecule has 26 heavy (non-hydrogen) atoms. The monoisotopic (exact) mass is 347 g/mol. The molecule has 132 valence electrons. The van der Waals surface area contributed by atoms with E-state index in [4.69, 9.17) is 0 Å². The van der Waals surface area contributed by atoms with Gasteiger partial charge in [-0.2, -0.15) is 5.10 Å². The largest absolute Gasteiger partial charge is 0.507 e. The zero-order chi connectivity index (χ0) is 18.4. The summed E-state index contributed by atoms with van der Waals surface area (Å²) in [6.45, 7) is 1.93. The zero-order valence-electron chi connectivity index (χ0n) is 14.5. The molecule has 0 saturated carbocycles. The predicted octanol–water partition coefficient (Wildman–Crippen LogP) is 3.89. The second kappa shape index (κ2) is 8.16. The molecule has 0 spiro atoms. The molecule has 0 fully saturated rings. The number of carbonyl (C=O) groups excluding carboxylic acids is 1. The summed E-state index contributed by atoms with van der Waals surface area (Å²) in [5.74, 6) is -0.108. The van der Waals surface area contributed by atoms with Crippen LogP contribution in [0.1, 0.15) is 18.9 Å². The number of carbonyl (C=O) groups is 1. The maximum Gasteiger partial charge on any atom is 0.262 e. The molecule has 0 radical (unpaired) electrons. The molecule has 3 N–H and O–H groups in total. The van der Waals surface area contributed by atoms with Crippen molar-refractivity contribution in [2.75, 3.05) is 5.32 Å². The van der Waals surface area contributed by atoms with E-state index in [2.05, 4.69) is 15.8 Å². The van der Waals surface area contributed by atoms with Gasteiger partial charge in [-0.3, -0.25) is 4.79 Å². The lowest BCUT2D eigenvalue weighted by Gasteiger charge is -2.16. The Hall–Kier alpha value is -3.34. The molecule has 0 aliphatic rings. The van der Waals surface area contributed by atoms with Gasteiger partial charge in [0.25, 0.3) is 5.91 Å². The van der Waals surface area contributed by atoms with Gasteiger partial charge in [0.2, 0.25) is 0 Å². The number of nitrogens with one attached hydrogen (secondary N) is 2. The Morgan fingerprint density at radius 3 is 2.58 bits per heavy atom. The Kier molecular flexibility index (Phi) is 5.49. The summed E-state index contributed by atoms with van der Waals surface area (Å²) in [5.41, 5.74) is 4.01. The second-order valence-electron chi connectivity index (χ2n) is 5.92. The zero-order valence-corrected chi connectivity index (χ0v) is 14.5. The summed E-state index contributed by atoms with van der Waals surface area (Å²) in [7, 11) is 0. The van der Waals surface area contributed by atoms with Crippen LogP contribution in [0.15, 0.2) is 71.8 Å². The number of phenols is 1. The maximum atomic E-state index is 12.4. The number of amides is 1. The minimum absolute atomic E-state index is 0.121. The first-order valence-electron chi connectivity index (χ1n) is 8.54. The SMILES string of the molecule is CC[C@@H](Nc1ccccc1)C(=O)N/N=C\c1c(O)ccc2ccccc12. The van der Waals surface area contributed by atoms with Crippen molar-refractivity contribution in [2.24, 2.45) is 5.10 Å². The number of hydrazone groups is 1. The molecule has 3 rings (SSSR count). The topological polar surface area (TPSA) is 73.7 Å². The highest BCUT2D eigenvalue weighted by Crippen LogP contribution is 2.25. The first-order chi connectivity index (χ1) is 12.7. The average molecular weight is 347 g/mol. The van der Waals surface area contributed by atoms with E-state index in [-0.39, 0.29) is 11.7 Å². The molecule has 1 atom stereocenters. The van der Waals surface area contributed by atoms with Gasteiger partial charge in [-0.15, -0.1) is 0 Å². The van der Waals surface area contributed by atoms with Crippen molar-refractivity contribution in [3.8, 4) is 5.75 Å². The first-order valence-corrected chi connectivity index (χ1v) is 8.54. The van der Waals surface area contributed by atoms with Crippen LogP contribution in [0.4, 0.5) is 5.69 Å². The summed E-state index contributed by atoms with van der Waals surface area (Å²) >= 11 is 0. The molecule has 1 amide bonds. The fourth-order valence-corrected chi connectivity index (χ4v) is 2.75. The van der Waals surface area contributed by atoms with Crippen molar-refractivity contribution in [3.63, 3.8) is 0 Å². The molecule has 0 bridgehead atoms. The van der Waals surface area contributed by atoms with Gasteiger partial charge < -0.3 is 10.4 Å². The fourth-order valence-electron chi connectivity index (χ4n) is 2.75. The number of rotatable bonds is 6. The van der Waals surface area contributed by atoms with Crippen LogP contribution in [0.25, 0.3) is 10.8 Å². The third kappa shape index (κ3) is 4.00. The highest BCUT2D eigenvalue weighted by Gasteiger charge is 2.15. The Balaban J connectivity index is 1.71. The van der Waals surface area contributed by atoms with Crippen LogP contribution in [0.5, 0.6) is 5.75 Å². The summed E-state index contributed by atoms with van der Waals surface area (Å²) < 4.78 is 0. The predicted molar refractivity (Wildman–Crippen MR) is 105 cm³/mol. The molecule has 0 heterocycles. The fraction of sp³-hybridized carbons (Fsp3) is 0.143. The van der Waals surface area contributed by atoms with Gasteiger partial charge in [-0.25, -0.2) is 5.43 Å². The third-order valence-corrected chi connectivity index (χ3v) is 4.16. The first kappa shape index (κ1) is 17.5. The van der Waals surface area contributed by atoms with E-state index >= 15 is 0 Å². The van der Waals surface area contributed by atoms with Gasteiger partial charge in [0.15, 0.2) is 0 Å². The van der Waals surface area contributed by atoms with Gasteiger partial charge in [0, 0.05) is 11.3 Å². The minimum Gasteiger partial charge on any atom is -0.507 e. The number of aromatic hydroxyl groups is 1. The molecule has 3 aromatic carbocycles. The molecule has 0 aromatic heterocycles. The molecule has 0 aliphatic heterocycles. The number of hydrogen-bond donors (Lipinski definition) is 3. The van der Waals surface area contributed by atoms with E-state index in [9.17, 15) is 9.90 Å². The lowest BCUT2D eigenvalue weighted by Crippen LogP contribution is -2.36. The molecule has 5 heteroatoms. The number of phenolic OH excluding ortho intramolecular Hbond substituents is 1. The van der Waals surface area contributed by atoms with Crippen molar-refractivity contribution >= 4 is 28.6 Å². The van der Waals surface area contributed by atoms with Crippen molar-refractivity contribution in [1.82, 2.24) is 5.43 Å². The van der Waals surface area contributed by atoms with E-state index in [1.54, 1.807) is 6.07 Å². The van der Waals surface area contributed by atoms with Crippen LogP contribution in [0.3, 0.4) is 0 Å². The van der Waals surface area contributed by atoms with Crippen LogP contribution in [-0.4, -0.2) is 23.3 Å². The Morgan fingerprint density at radius 1 is 1.08 bits per heavy atom. The average Bonchev–Trinajstić information content (AvgIpc) is 2.68. The van der Waals surface area contributed by atoms with Crippen LogP contribution in [0.2, 0.25) is 0 Å². The summed E-state index contributed by atoms with van der Waals surface area (Å²) in [4.78, 5) is 12.4. The van der Waals surface area contributed by atoms with Crippen LogP contribution >= 0.6 is 0 Å².